The van der Waals surface area contributed by atoms with Gasteiger partial charge in [-0.05, 0) is 35.4 Å². The molecule has 1 unspecified atom stereocenters. The van der Waals surface area contributed by atoms with E-state index in [0.29, 0.717) is 0 Å². The number of halogens is 1. The lowest BCUT2D eigenvalue weighted by Crippen LogP contribution is -2.56. The van der Waals surface area contributed by atoms with Gasteiger partial charge in [-0.1, -0.05) is 0 Å². The van der Waals surface area contributed by atoms with Crippen molar-refractivity contribution in [1.82, 2.24) is 15.1 Å². The van der Waals surface area contributed by atoms with Crippen LogP contribution in [0.15, 0.2) is 0 Å². The molecular weight excluding hydrogens is 345 g/mol. The van der Waals surface area contributed by atoms with E-state index in [1.807, 2.05) is 4.90 Å². The summed E-state index contributed by atoms with van der Waals surface area (Å²) < 4.78 is 6.26. The Morgan fingerprint density at radius 2 is 2.33 bits per heavy atom. The fourth-order valence-corrected chi connectivity index (χ4v) is 3.42. The Hall–Kier alpha value is -0.630. The van der Waals surface area contributed by atoms with E-state index in [-0.39, 0.29) is 17.9 Å². The molecular formula is C12H16IN3O2. The first-order valence-corrected chi connectivity index (χ1v) is 7.30. The number of likely N-dealkylation sites (tertiary alicyclic amines) is 1. The lowest BCUT2D eigenvalue weighted by molar-refractivity contribution is -0.147. The molecule has 1 atom stereocenters. The van der Waals surface area contributed by atoms with Crippen LogP contribution in [-0.2, 0) is 22.4 Å². The molecule has 1 aromatic rings. The van der Waals surface area contributed by atoms with Crippen LogP contribution in [0.1, 0.15) is 17.7 Å². The van der Waals surface area contributed by atoms with Crippen molar-refractivity contribution in [2.24, 2.45) is 5.92 Å². The molecule has 1 fully saturated rings. The predicted octanol–water partition coefficient (Wildman–Crippen LogP) is 0.976. The molecule has 1 N–H and O–H groups in total. The number of ether oxygens (including phenoxy) is 1. The summed E-state index contributed by atoms with van der Waals surface area (Å²) in [7, 11) is 1.70. The second-order valence-corrected chi connectivity index (χ2v) is 6.03. The number of hydrogen-bond donors (Lipinski definition) is 1. The van der Waals surface area contributed by atoms with Crippen LogP contribution in [0.2, 0.25) is 0 Å². The zero-order chi connectivity index (χ0) is 12.7. The Bertz CT molecular complexity index is 468. The predicted molar refractivity (Wildman–Crippen MR) is 74.2 cm³/mol. The maximum absolute atomic E-state index is 12.3. The van der Waals surface area contributed by atoms with E-state index in [2.05, 4.69) is 32.8 Å². The van der Waals surface area contributed by atoms with E-state index >= 15 is 0 Å². The Morgan fingerprint density at radius 3 is 3.06 bits per heavy atom. The lowest BCUT2D eigenvalue weighted by Gasteiger charge is -2.40. The molecule has 0 aromatic carbocycles. The van der Waals surface area contributed by atoms with Gasteiger partial charge in [0.1, 0.15) is 3.70 Å². The topological polar surface area (TPSA) is 58.2 Å². The highest BCUT2D eigenvalue weighted by molar-refractivity contribution is 14.1. The summed E-state index contributed by atoms with van der Waals surface area (Å²) in [4.78, 5) is 14.2. The zero-order valence-electron chi connectivity index (χ0n) is 10.3. The summed E-state index contributed by atoms with van der Waals surface area (Å²) in [6, 6.07) is 0. The summed E-state index contributed by atoms with van der Waals surface area (Å²) in [6.07, 6.45) is 2.94. The molecule has 0 radical (unpaired) electrons. The fraction of sp³-hybridized carbons (Fsp3) is 0.667. The molecule has 0 bridgehead atoms. The number of H-pyrrole nitrogens is 1. The molecule has 18 heavy (non-hydrogen) atoms. The van der Waals surface area contributed by atoms with Crippen LogP contribution >= 0.6 is 22.6 Å². The largest absolute Gasteiger partial charge is 0.378 e. The Morgan fingerprint density at radius 1 is 1.56 bits per heavy atom. The molecule has 0 spiro atoms. The summed E-state index contributed by atoms with van der Waals surface area (Å²) in [5, 5.41) is 7.27. The summed E-state index contributed by atoms with van der Waals surface area (Å²) in [5.74, 6) is 0.394. The maximum atomic E-state index is 12.3. The first kappa shape index (κ1) is 12.4. The van der Waals surface area contributed by atoms with Gasteiger partial charge < -0.3 is 9.64 Å². The molecule has 1 aliphatic heterocycles. The van der Waals surface area contributed by atoms with E-state index in [9.17, 15) is 4.79 Å². The summed E-state index contributed by atoms with van der Waals surface area (Å²) in [6.45, 7) is 1.50. The number of hydrogen-bond acceptors (Lipinski definition) is 3. The number of aromatic nitrogens is 2. The number of rotatable bonds is 2. The van der Waals surface area contributed by atoms with Gasteiger partial charge in [0, 0.05) is 43.8 Å². The first-order chi connectivity index (χ1) is 8.69. The van der Waals surface area contributed by atoms with Gasteiger partial charge in [-0.15, -0.1) is 0 Å². The van der Waals surface area contributed by atoms with Crippen molar-refractivity contribution in [1.29, 1.82) is 0 Å². The number of nitrogens with zero attached hydrogens (tertiary/aromatic N) is 2. The van der Waals surface area contributed by atoms with Crippen LogP contribution in [-0.4, -0.2) is 47.3 Å². The highest BCUT2D eigenvalue weighted by Crippen LogP contribution is 2.29. The van der Waals surface area contributed by atoms with Crippen LogP contribution in [0.25, 0.3) is 0 Å². The minimum Gasteiger partial charge on any atom is -0.378 e. The van der Waals surface area contributed by atoms with Gasteiger partial charge in [0.25, 0.3) is 0 Å². The minimum absolute atomic E-state index is 0.117. The van der Waals surface area contributed by atoms with Crippen molar-refractivity contribution in [3.8, 4) is 0 Å². The van der Waals surface area contributed by atoms with Gasteiger partial charge in [0.15, 0.2) is 0 Å². The molecule has 5 nitrogen and oxygen atoms in total. The Kier molecular flexibility index (Phi) is 3.31. The number of fused-ring (bicyclic) bond motifs is 1. The van der Waals surface area contributed by atoms with Gasteiger partial charge in [-0.25, -0.2) is 0 Å². The number of amides is 1. The smallest absolute Gasteiger partial charge is 0.226 e. The highest BCUT2D eigenvalue weighted by Gasteiger charge is 2.36. The third-order valence-corrected chi connectivity index (χ3v) is 4.83. The van der Waals surface area contributed by atoms with Gasteiger partial charge in [-0.3, -0.25) is 9.89 Å². The SMILES string of the molecule is COC1CN(C(=O)C2CCc3c(I)n[nH]c3C2)C1. The average Bonchev–Trinajstić information content (AvgIpc) is 2.69. The fourth-order valence-electron chi connectivity index (χ4n) is 2.70. The van der Waals surface area contributed by atoms with Crippen molar-refractivity contribution in [2.75, 3.05) is 20.2 Å². The van der Waals surface area contributed by atoms with Crippen molar-refractivity contribution in [3.05, 3.63) is 15.0 Å². The molecule has 3 rings (SSSR count). The molecule has 1 saturated heterocycles. The normalized spacial score (nSPS) is 23.7. The number of aromatic amines is 1. The third kappa shape index (κ3) is 2.05. The van der Waals surface area contributed by atoms with E-state index in [0.717, 1.165) is 41.7 Å². The summed E-state index contributed by atoms with van der Waals surface area (Å²) >= 11 is 2.25. The zero-order valence-corrected chi connectivity index (χ0v) is 12.4. The van der Waals surface area contributed by atoms with Gasteiger partial charge in [0.05, 0.1) is 6.10 Å². The molecule has 1 aromatic heterocycles. The monoisotopic (exact) mass is 361 g/mol. The van der Waals surface area contributed by atoms with Crippen LogP contribution in [0.5, 0.6) is 0 Å². The van der Waals surface area contributed by atoms with E-state index in [1.165, 1.54) is 5.56 Å². The number of nitrogens with one attached hydrogen (secondary N) is 1. The van der Waals surface area contributed by atoms with Crippen LogP contribution in [0.3, 0.4) is 0 Å². The van der Waals surface area contributed by atoms with Crippen LogP contribution in [0.4, 0.5) is 0 Å². The second kappa shape index (κ2) is 4.80. The van der Waals surface area contributed by atoms with E-state index in [1.54, 1.807) is 7.11 Å². The highest BCUT2D eigenvalue weighted by atomic mass is 127. The van der Waals surface area contributed by atoms with E-state index in [4.69, 9.17) is 4.74 Å². The van der Waals surface area contributed by atoms with Crippen molar-refractivity contribution < 1.29 is 9.53 Å². The summed E-state index contributed by atoms with van der Waals surface area (Å²) in [5.41, 5.74) is 2.45. The lowest BCUT2D eigenvalue weighted by atomic mass is 9.86. The first-order valence-electron chi connectivity index (χ1n) is 6.22. The number of carbonyl (C=O) groups excluding carboxylic acids is 1. The number of methoxy groups -OCH3 is 1. The van der Waals surface area contributed by atoms with Gasteiger partial charge in [0.2, 0.25) is 5.91 Å². The average molecular weight is 361 g/mol. The maximum Gasteiger partial charge on any atom is 0.226 e. The van der Waals surface area contributed by atoms with Crippen molar-refractivity contribution in [2.45, 2.75) is 25.4 Å². The Labute approximate surface area is 119 Å². The standard InChI is InChI=1S/C12H16IN3O2/c1-18-8-5-16(6-8)12(17)7-2-3-9-10(4-7)14-15-11(9)13/h7-8H,2-6H2,1H3,(H,14,15). The molecule has 1 amide bonds. The van der Waals surface area contributed by atoms with Crippen molar-refractivity contribution in [3.63, 3.8) is 0 Å². The third-order valence-electron chi connectivity index (χ3n) is 3.94. The minimum atomic E-state index is 0.117. The molecule has 0 saturated carbocycles. The van der Waals surface area contributed by atoms with Gasteiger partial charge >= 0.3 is 0 Å². The molecule has 6 heteroatoms. The molecule has 2 aliphatic rings. The molecule has 1 aliphatic carbocycles. The Balaban J connectivity index is 1.64. The number of carbonyl (C=O) groups is 1. The quantitative estimate of drug-likeness (QED) is 0.799. The van der Waals surface area contributed by atoms with Crippen molar-refractivity contribution >= 4 is 28.5 Å². The van der Waals surface area contributed by atoms with Crippen LogP contribution < -0.4 is 0 Å². The van der Waals surface area contributed by atoms with Crippen LogP contribution in [0, 0.1) is 9.62 Å². The molecule has 2 heterocycles. The molecule has 98 valence electrons. The van der Waals surface area contributed by atoms with E-state index < -0.39 is 0 Å². The second-order valence-electron chi connectivity index (χ2n) is 5.01. The van der Waals surface area contributed by atoms with Gasteiger partial charge in [-0.2, -0.15) is 5.10 Å².